The minimum atomic E-state index is -2.58. The molecule has 4 rings (SSSR count). The quantitative estimate of drug-likeness (QED) is 0.587. The molecule has 2 aromatic rings. The van der Waals surface area contributed by atoms with Crippen LogP contribution in [0.3, 0.4) is 0 Å². The predicted molar refractivity (Wildman–Crippen MR) is 102 cm³/mol. The van der Waals surface area contributed by atoms with Gasteiger partial charge >= 0.3 is 0 Å². The van der Waals surface area contributed by atoms with E-state index >= 15 is 0 Å². The van der Waals surface area contributed by atoms with Gasteiger partial charge in [-0.25, -0.2) is 8.78 Å². The Kier molecular flexibility index (Phi) is 6.94. The van der Waals surface area contributed by atoms with E-state index in [0.29, 0.717) is 42.9 Å². The van der Waals surface area contributed by atoms with Crippen LogP contribution in [0.1, 0.15) is 81.6 Å². The van der Waals surface area contributed by atoms with Gasteiger partial charge < -0.3 is 9.26 Å². The molecule has 2 aliphatic rings. The molecule has 2 aliphatic carbocycles. The Labute approximate surface area is 164 Å². The lowest BCUT2D eigenvalue weighted by atomic mass is 9.96. The number of carbonyl (C=O) groups is 1. The van der Waals surface area contributed by atoms with E-state index in [1.54, 1.807) is 18.2 Å². The second-order valence-electron chi connectivity index (χ2n) is 7.09. The highest BCUT2D eigenvalue weighted by Gasteiger charge is 2.34. The number of ketones is 1. The Hall–Kier alpha value is -2.08. The van der Waals surface area contributed by atoms with Crippen LogP contribution in [0.5, 0.6) is 0 Å². The third kappa shape index (κ3) is 4.66. The van der Waals surface area contributed by atoms with Crippen molar-refractivity contribution in [3.8, 4) is 11.3 Å². The van der Waals surface area contributed by atoms with Crippen LogP contribution in [0.2, 0.25) is 0 Å². The summed E-state index contributed by atoms with van der Waals surface area (Å²) in [5, 5.41) is 4.12. The fraction of sp³-hybridized carbons (Fsp3) is 0.545. The number of aromatic nitrogens is 1. The first kappa shape index (κ1) is 20.6. The van der Waals surface area contributed by atoms with Gasteiger partial charge in [0.1, 0.15) is 17.2 Å². The van der Waals surface area contributed by atoms with Gasteiger partial charge in [0.15, 0.2) is 0 Å². The molecule has 0 N–H and O–H groups in total. The molecule has 152 valence electrons. The van der Waals surface area contributed by atoms with Gasteiger partial charge in [-0.2, -0.15) is 0 Å². The monoisotopic (exact) mass is 391 g/mol. The Balaban J connectivity index is 0.00000109. The van der Waals surface area contributed by atoms with Crippen molar-refractivity contribution >= 4 is 5.78 Å². The topological polar surface area (TPSA) is 52.3 Å². The van der Waals surface area contributed by atoms with Gasteiger partial charge in [0.2, 0.25) is 0 Å². The number of hydrogen-bond donors (Lipinski definition) is 0. The molecule has 0 saturated heterocycles. The Morgan fingerprint density at radius 1 is 1.14 bits per heavy atom. The summed E-state index contributed by atoms with van der Waals surface area (Å²) in [5.74, 6) is 1.34. The number of ether oxygens (including phenoxy) is 1. The van der Waals surface area contributed by atoms with E-state index in [0.717, 1.165) is 24.2 Å². The van der Waals surface area contributed by atoms with Crippen molar-refractivity contribution in [1.29, 1.82) is 0 Å². The lowest BCUT2D eigenvalue weighted by molar-refractivity contribution is -0.123. The average Bonchev–Trinajstić information content (AvgIpc) is 3.48. The molecule has 2 fully saturated rings. The molecule has 0 amide bonds. The first-order chi connectivity index (χ1) is 13.6. The smallest absolute Gasteiger partial charge is 0.264 e. The maximum absolute atomic E-state index is 13.4. The molecule has 1 aromatic heterocycles. The van der Waals surface area contributed by atoms with E-state index in [4.69, 9.17) is 9.26 Å². The molecule has 0 unspecified atom stereocenters. The molecule has 0 radical (unpaired) electrons. The molecule has 28 heavy (non-hydrogen) atoms. The number of rotatable bonds is 6. The highest BCUT2D eigenvalue weighted by atomic mass is 19.3. The van der Waals surface area contributed by atoms with Gasteiger partial charge in [0.25, 0.3) is 6.43 Å². The summed E-state index contributed by atoms with van der Waals surface area (Å²) in [4.78, 5) is 11.4. The van der Waals surface area contributed by atoms with Crippen molar-refractivity contribution in [2.24, 2.45) is 0 Å². The van der Waals surface area contributed by atoms with E-state index in [1.807, 2.05) is 13.8 Å². The van der Waals surface area contributed by atoms with Gasteiger partial charge in [-0.1, -0.05) is 43.3 Å². The number of Topliss-reactive ketones (excluding diaryl/α,β-unsaturated/α-hetero) is 1. The molecule has 2 saturated carbocycles. The van der Waals surface area contributed by atoms with Gasteiger partial charge in [-0.15, -0.1) is 0 Å². The van der Waals surface area contributed by atoms with Crippen LogP contribution in [0.4, 0.5) is 8.78 Å². The van der Waals surface area contributed by atoms with Crippen LogP contribution in [-0.4, -0.2) is 17.0 Å². The van der Waals surface area contributed by atoms with Crippen LogP contribution >= 0.6 is 0 Å². The number of hydrogen-bond acceptors (Lipinski definition) is 4. The second-order valence-corrected chi connectivity index (χ2v) is 7.09. The third-order valence-electron chi connectivity index (χ3n) is 5.17. The highest BCUT2D eigenvalue weighted by Crippen LogP contribution is 2.45. The van der Waals surface area contributed by atoms with Gasteiger partial charge in [0.05, 0.1) is 12.7 Å². The number of alkyl halides is 2. The van der Waals surface area contributed by atoms with E-state index in [1.165, 1.54) is 6.07 Å². The summed E-state index contributed by atoms with van der Waals surface area (Å²) in [6, 6.07) is 6.40. The first-order valence-electron chi connectivity index (χ1n) is 10.1. The molecule has 6 heteroatoms. The fourth-order valence-electron chi connectivity index (χ4n) is 3.52. The van der Waals surface area contributed by atoms with Gasteiger partial charge in [-0.05, 0) is 25.7 Å². The first-order valence-corrected chi connectivity index (χ1v) is 10.1. The zero-order valence-corrected chi connectivity index (χ0v) is 16.4. The van der Waals surface area contributed by atoms with Crippen molar-refractivity contribution < 1.29 is 22.8 Å². The van der Waals surface area contributed by atoms with Crippen LogP contribution in [-0.2, 0) is 16.1 Å². The predicted octanol–water partition coefficient (Wildman–Crippen LogP) is 6.21. The molecular formula is C22H27F2NO3. The lowest BCUT2D eigenvalue weighted by Gasteiger charge is -2.21. The van der Waals surface area contributed by atoms with E-state index in [2.05, 4.69) is 5.16 Å². The summed E-state index contributed by atoms with van der Waals surface area (Å²) < 4.78 is 38.4. The molecule has 0 aliphatic heterocycles. The Bertz CT molecular complexity index is 789. The molecule has 0 bridgehead atoms. The summed E-state index contributed by atoms with van der Waals surface area (Å²) in [6.07, 6.45) is 2.01. The maximum atomic E-state index is 13.4. The third-order valence-corrected chi connectivity index (χ3v) is 5.17. The number of benzene rings is 1. The summed E-state index contributed by atoms with van der Waals surface area (Å²) in [5.41, 5.74) is 1.58. The van der Waals surface area contributed by atoms with Crippen molar-refractivity contribution in [2.75, 3.05) is 0 Å². The van der Waals surface area contributed by atoms with Crippen LogP contribution in [0.15, 0.2) is 28.8 Å². The Morgan fingerprint density at radius 3 is 2.46 bits per heavy atom. The molecule has 1 heterocycles. The largest absolute Gasteiger partial charge is 0.373 e. The minimum absolute atomic E-state index is 0.0212. The Morgan fingerprint density at radius 2 is 1.82 bits per heavy atom. The summed E-state index contributed by atoms with van der Waals surface area (Å²) in [6.45, 7) is 4.28. The summed E-state index contributed by atoms with van der Waals surface area (Å²) in [7, 11) is 0. The van der Waals surface area contributed by atoms with Gasteiger partial charge in [-0.3, -0.25) is 4.79 Å². The molecule has 1 aromatic carbocycles. The van der Waals surface area contributed by atoms with Crippen molar-refractivity contribution in [1.82, 2.24) is 5.16 Å². The van der Waals surface area contributed by atoms with Crippen molar-refractivity contribution in [3.05, 3.63) is 41.2 Å². The lowest BCUT2D eigenvalue weighted by Crippen LogP contribution is -2.21. The average molecular weight is 391 g/mol. The fourth-order valence-corrected chi connectivity index (χ4v) is 3.52. The summed E-state index contributed by atoms with van der Waals surface area (Å²) >= 11 is 0. The molecule has 4 nitrogen and oxygen atoms in total. The molecular weight excluding hydrogens is 364 g/mol. The van der Waals surface area contributed by atoms with Gasteiger partial charge in [0, 0.05) is 35.4 Å². The number of halogens is 2. The van der Waals surface area contributed by atoms with Crippen LogP contribution in [0, 0.1) is 0 Å². The van der Waals surface area contributed by atoms with Crippen LogP contribution in [0.25, 0.3) is 11.3 Å². The second kappa shape index (κ2) is 9.41. The maximum Gasteiger partial charge on any atom is 0.264 e. The SMILES string of the molecule is CC.O=C1CCC(OCc2c(-c3ccccc3C(F)F)noc2C2CC2)CC1. The normalized spacial score (nSPS) is 17.5. The molecule has 0 spiro atoms. The van der Waals surface area contributed by atoms with E-state index in [-0.39, 0.29) is 24.1 Å². The zero-order chi connectivity index (χ0) is 20.1. The standard InChI is InChI=1S/C20H21F2NO3.C2H6/c21-20(22)16-4-2-1-3-15(16)18-17(19(26-23-18)12-5-6-12)11-25-14-9-7-13(24)8-10-14;1-2/h1-4,12,14,20H,5-11H2;1-2H3. The highest BCUT2D eigenvalue weighted by molar-refractivity contribution is 5.79. The number of nitrogens with zero attached hydrogens (tertiary/aromatic N) is 1. The number of carbonyl (C=O) groups excluding carboxylic acids is 1. The minimum Gasteiger partial charge on any atom is -0.373 e. The van der Waals surface area contributed by atoms with Crippen molar-refractivity contribution in [2.45, 2.75) is 77.4 Å². The van der Waals surface area contributed by atoms with E-state index < -0.39 is 6.43 Å². The van der Waals surface area contributed by atoms with Crippen molar-refractivity contribution in [3.63, 3.8) is 0 Å². The van der Waals surface area contributed by atoms with E-state index in [9.17, 15) is 13.6 Å². The van der Waals surface area contributed by atoms with Crippen LogP contribution < -0.4 is 0 Å². The zero-order valence-electron chi connectivity index (χ0n) is 16.4. The molecule has 0 atom stereocenters.